The molecule has 27 heavy (non-hydrogen) atoms. The van der Waals surface area contributed by atoms with Gasteiger partial charge in [-0.05, 0) is 26.8 Å². The summed E-state index contributed by atoms with van der Waals surface area (Å²) in [6, 6.07) is 12.3. The molecular weight excluding hydrogens is 356 g/mol. The summed E-state index contributed by atoms with van der Waals surface area (Å²) in [4.78, 5) is 14.8. The number of benzene rings is 1. The second kappa shape index (κ2) is 7.28. The quantitative estimate of drug-likeness (QED) is 0.562. The van der Waals surface area contributed by atoms with Gasteiger partial charge in [-0.25, -0.2) is 14.6 Å². The third-order valence-electron chi connectivity index (χ3n) is 4.19. The van der Waals surface area contributed by atoms with E-state index in [1.165, 1.54) is 4.88 Å². The molecule has 0 saturated carbocycles. The molecule has 4 rings (SSSR count). The van der Waals surface area contributed by atoms with Crippen LogP contribution in [0.5, 0.6) is 0 Å². The minimum absolute atomic E-state index is 0.658. The van der Waals surface area contributed by atoms with Gasteiger partial charge in [0.15, 0.2) is 5.82 Å². The van der Waals surface area contributed by atoms with E-state index in [1.54, 1.807) is 28.4 Å². The Morgan fingerprint density at radius 2 is 1.85 bits per heavy atom. The lowest BCUT2D eigenvalue weighted by Gasteiger charge is -2.07. The number of nitrogens with one attached hydrogen (secondary N) is 1. The van der Waals surface area contributed by atoms with Crippen LogP contribution in [0.25, 0.3) is 16.4 Å². The number of aromatic nitrogens is 5. The van der Waals surface area contributed by atoms with Crippen LogP contribution in [-0.2, 0) is 6.54 Å². The van der Waals surface area contributed by atoms with Gasteiger partial charge in [-0.1, -0.05) is 30.3 Å². The van der Waals surface area contributed by atoms with Crippen LogP contribution in [0.4, 0.5) is 5.82 Å². The van der Waals surface area contributed by atoms with Gasteiger partial charge in [0.2, 0.25) is 0 Å². The Hall–Kier alpha value is -3.06. The predicted octanol–water partition coefficient (Wildman–Crippen LogP) is 4.32. The number of hydrogen-bond acceptors (Lipinski definition) is 6. The molecule has 0 aliphatic heterocycles. The van der Waals surface area contributed by atoms with Gasteiger partial charge in [0, 0.05) is 16.1 Å². The highest BCUT2D eigenvalue weighted by molar-refractivity contribution is 7.15. The van der Waals surface area contributed by atoms with Crippen LogP contribution in [0.3, 0.4) is 0 Å². The van der Waals surface area contributed by atoms with Crippen molar-refractivity contribution in [2.75, 3.05) is 5.32 Å². The highest BCUT2D eigenvalue weighted by Gasteiger charge is 2.10. The molecule has 4 aromatic rings. The van der Waals surface area contributed by atoms with Crippen molar-refractivity contribution in [2.24, 2.45) is 0 Å². The van der Waals surface area contributed by atoms with E-state index in [0.717, 1.165) is 27.7 Å². The van der Waals surface area contributed by atoms with E-state index < -0.39 is 0 Å². The van der Waals surface area contributed by atoms with Crippen LogP contribution >= 0.6 is 11.3 Å². The van der Waals surface area contributed by atoms with E-state index in [0.29, 0.717) is 18.2 Å². The smallest absolute Gasteiger partial charge is 0.174 e. The first-order chi connectivity index (χ1) is 13.1. The van der Waals surface area contributed by atoms with Crippen molar-refractivity contribution in [2.45, 2.75) is 27.3 Å². The number of hydrogen-bond donors (Lipinski definition) is 1. The standard InChI is InChI=1S/C20H20N6S/c1-13-9-14(2)26(25-13)19-12-21-11-18(24-19)22-10-17-15(3)23-20(27-17)16-7-5-4-6-8-16/h4-9,11-12H,10H2,1-3H3,(H,22,24). The Morgan fingerprint density at radius 3 is 2.59 bits per heavy atom. The number of anilines is 1. The van der Waals surface area contributed by atoms with Gasteiger partial charge in [-0.3, -0.25) is 4.98 Å². The fraction of sp³-hybridized carbons (Fsp3) is 0.200. The molecule has 136 valence electrons. The molecule has 0 spiro atoms. The summed E-state index contributed by atoms with van der Waals surface area (Å²) < 4.78 is 1.80. The van der Waals surface area contributed by atoms with Gasteiger partial charge in [0.25, 0.3) is 0 Å². The zero-order chi connectivity index (χ0) is 18.8. The molecule has 0 radical (unpaired) electrons. The van der Waals surface area contributed by atoms with Crippen LogP contribution in [0.2, 0.25) is 0 Å². The largest absolute Gasteiger partial charge is 0.364 e. The van der Waals surface area contributed by atoms with Crippen LogP contribution in [0.15, 0.2) is 48.8 Å². The van der Waals surface area contributed by atoms with Crippen LogP contribution in [0.1, 0.15) is 22.0 Å². The summed E-state index contributed by atoms with van der Waals surface area (Å²) in [6.45, 7) is 6.67. The highest BCUT2D eigenvalue weighted by atomic mass is 32.1. The van der Waals surface area contributed by atoms with E-state index >= 15 is 0 Å². The predicted molar refractivity (Wildman–Crippen MR) is 108 cm³/mol. The molecule has 0 aliphatic carbocycles. The molecule has 0 saturated heterocycles. The minimum atomic E-state index is 0.658. The van der Waals surface area contributed by atoms with Gasteiger partial charge < -0.3 is 5.32 Å². The summed E-state index contributed by atoms with van der Waals surface area (Å²) >= 11 is 1.70. The van der Waals surface area contributed by atoms with E-state index in [-0.39, 0.29) is 0 Å². The second-order valence-electron chi connectivity index (χ2n) is 6.35. The number of nitrogens with zero attached hydrogens (tertiary/aromatic N) is 5. The van der Waals surface area contributed by atoms with Gasteiger partial charge >= 0.3 is 0 Å². The molecule has 3 aromatic heterocycles. The Labute approximate surface area is 162 Å². The number of aryl methyl sites for hydroxylation is 3. The zero-order valence-electron chi connectivity index (χ0n) is 15.5. The Balaban J connectivity index is 1.52. The topological polar surface area (TPSA) is 68.5 Å². The molecule has 0 amide bonds. The molecule has 3 heterocycles. The summed E-state index contributed by atoms with van der Waals surface area (Å²) in [7, 11) is 0. The van der Waals surface area contributed by atoms with E-state index in [2.05, 4.69) is 32.5 Å². The molecule has 6 nitrogen and oxygen atoms in total. The molecule has 0 fully saturated rings. The molecule has 0 aliphatic rings. The lowest BCUT2D eigenvalue weighted by Crippen LogP contribution is -2.07. The molecule has 0 unspecified atom stereocenters. The average Bonchev–Trinajstić information content (AvgIpc) is 3.22. The Bertz CT molecular complexity index is 1070. The summed E-state index contributed by atoms with van der Waals surface area (Å²) in [5.41, 5.74) is 4.17. The molecular formula is C20H20N6S. The van der Waals surface area contributed by atoms with E-state index in [1.807, 2.05) is 45.0 Å². The van der Waals surface area contributed by atoms with Crippen molar-refractivity contribution in [3.63, 3.8) is 0 Å². The molecule has 0 atom stereocenters. The normalized spacial score (nSPS) is 10.9. The van der Waals surface area contributed by atoms with Crippen molar-refractivity contribution >= 4 is 17.2 Å². The maximum Gasteiger partial charge on any atom is 0.174 e. The monoisotopic (exact) mass is 376 g/mol. The van der Waals surface area contributed by atoms with Crippen molar-refractivity contribution in [1.82, 2.24) is 24.7 Å². The average molecular weight is 376 g/mol. The fourth-order valence-electron chi connectivity index (χ4n) is 2.87. The Morgan fingerprint density at radius 1 is 1.04 bits per heavy atom. The van der Waals surface area contributed by atoms with Crippen LogP contribution < -0.4 is 5.32 Å². The number of thiazole rings is 1. The zero-order valence-corrected chi connectivity index (χ0v) is 16.3. The molecule has 1 aromatic carbocycles. The van der Waals surface area contributed by atoms with Gasteiger partial charge in [0.05, 0.1) is 30.3 Å². The maximum absolute atomic E-state index is 4.70. The van der Waals surface area contributed by atoms with Crippen LogP contribution in [0, 0.1) is 20.8 Å². The van der Waals surface area contributed by atoms with Gasteiger partial charge in [-0.2, -0.15) is 5.10 Å². The van der Waals surface area contributed by atoms with E-state index in [9.17, 15) is 0 Å². The second-order valence-corrected chi connectivity index (χ2v) is 7.43. The first-order valence-electron chi connectivity index (χ1n) is 8.71. The summed E-state index contributed by atoms with van der Waals surface area (Å²) in [5, 5.41) is 8.86. The number of rotatable bonds is 5. The first kappa shape index (κ1) is 17.4. The van der Waals surface area contributed by atoms with E-state index in [4.69, 9.17) is 4.98 Å². The Kier molecular flexibility index (Phi) is 4.68. The first-order valence-corrected chi connectivity index (χ1v) is 9.53. The molecule has 0 bridgehead atoms. The van der Waals surface area contributed by atoms with Crippen molar-refractivity contribution in [3.05, 3.63) is 70.8 Å². The lowest BCUT2D eigenvalue weighted by atomic mass is 10.2. The minimum Gasteiger partial charge on any atom is -0.364 e. The van der Waals surface area contributed by atoms with Crippen molar-refractivity contribution in [1.29, 1.82) is 0 Å². The highest BCUT2D eigenvalue weighted by Crippen LogP contribution is 2.28. The van der Waals surface area contributed by atoms with Crippen molar-refractivity contribution in [3.8, 4) is 16.4 Å². The SMILES string of the molecule is Cc1cc(C)n(-c2cncc(NCc3sc(-c4ccccc4)nc3C)n2)n1. The third-order valence-corrected chi connectivity index (χ3v) is 5.40. The molecule has 1 N–H and O–H groups in total. The summed E-state index contributed by atoms with van der Waals surface area (Å²) in [6.07, 6.45) is 3.44. The third kappa shape index (κ3) is 3.73. The van der Waals surface area contributed by atoms with Crippen LogP contribution in [-0.4, -0.2) is 24.7 Å². The lowest BCUT2D eigenvalue weighted by molar-refractivity contribution is 0.799. The maximum atomic E-state index is 4.70. The van der Waals surface area contributed by atoms with Crippen molar-refractivity contribution < 1.29 is 0 Å². The molecule has 7 heteroatoms. The summed E-state index contributed by atoms with van der Waals surface area (Å²) in [5.74, 6) is 1.42. The fourth-order valence-corrected chi connectivity index (χ4v) is 3.88. The van der Waals surface area contributed by atoms with Gasteiger partial charge in [-0.15, -0.1) is 11.3 Å². The van der Waals surface area contributed by atoms with Gasteiger partial charge in [0.1, 0.15) is 10.8 Å².